The van der Waals surface area contributed by atoms with Gasteiger partial charge in [-0.15, -0.1) is 0 Å². The largest absolute Gasteiger partial charge is 0.341 e. The Kier molecular flexibility index (Phi) is 1.94. The van der Waals surface area contributed by atoms with Gasteiger partial charge < -0.3 is 4.90 Å². The molecule has 3 heteroatoms. The average molecular weight is 161 g/mol. The number of aromatic nitrogens is 2. The van der Waals surface area contributed by atoms with E-state index in [4.69, 9.17) is 6.92 Å². The molecule has 2 heterocycles. The Morgan fingerprint density at radius 3 is 2.33 bits per heavy atom. The van der Waals surface area contributed by atoms with Crippen LogP contribution < -0.4 is 4.90 Å². The van der Waals surface area contributed by atoms with Crippen molar-refractivity contribution in [1.29, 1.82) is 0 Å². The molecule has 3 nitrogen and oxygen atoms in total. The highest BCUT2D eigenvalue weighted by Crippen LogP contribution is 2.14. The van der Waals surface area contributed by atoms with Crippen molar-refractivity contribution in [3.63, 3.8) is 0 Å². The fourth-order valence-electron chi connectivity index (χ4n) is 1.41. The topological polar surface area (TPSA) is 29.0 Å². The maximum atomic E-state index is 5.48. The normalized spacial score (nSPS) is 16.9. The molecule has 0 amide bonds. The van der Waals surface area contributed by atoms with Gasteiger partial charge in [0.2, 0.25) is 5.95 Å². The number of hydrogen-bond donors (Lipinski definition) is 0. The van der Waals surface area contributed by atoms with E-state index in [1.165, 1.54) is 12.8 Å². The SMILES string of the molecule is [CH]c1cnc(N2CCCC2)nc1. The van der Waals surface area contributed by atoms with Gasteiger partial charge in [-0.2, -0.15) is 0 Å². The van der Waals surface area contributed by atoms with Crippen molar-refractivity contribution in [2.45, 2.75) is 12.8 Å². The summed E-state index contributed by atoms with van der Waals surface area (Å²) >= 11 is 0. The van der Waals surface area contributed by atoms with Crippen LogP contribution in [0.2, 0.25) is 0 Å². The quantitative estimate of drug-likeness (QED) is 0.618. The van der Waals surface area contributed by atoms with Gasteiger partial charge in [0.1, 0.15) is 0 Å². The minimum Gasteiger partial charge on any atom is -0.341 e. The van der Waals surface area contributed by atoms with Crippen LogP contribution in [0.25, 0.3) is 0 Å². The van der Waals surface area contributed by atoms with Crippen molar-refractivity contribution >= 4 is 5.95 Å². The molecule has 1 fully saturated rings. The number of hydrogen-bond acceptors (Lipinski definition) is 3. The van der Waals surface area contributed by atoms with Gasteiger partial charge in [-0.05, 0) is 18.4 Å². The summed E-state index contributed by atoms with van der Waals surface area (Å²) in [6, 6.07) is 0. The molecule has 1 aliphatic rings. The zero-order chi connectivity index (χ0) is 8.39. The van der Waals surface area contributed by atoms with Crippen molar-refractivity contribution in [1.82, 2.24) is 9.97 Å². The lowest BCUT2D eigenvalue weighted by atomic mass is 10.4. The van der Waals surface area contributed by atoms with E-state index in [2.05, 4.69) is 14.9 Å². The highest BCUT2D eigenvalue weighted by molar-refractivity contribution is 5.31. The molecule has 0 unspecified atom stereocenters. The molecule has 1 aromatic rings. The maximum absolute atomic E-state index is 5.48. The van der Waals surface area contributed by atoms with Gasteiger partial charge in [0.25, 0.3) is 0 Å². The third kappa shape index (κ3) is 1.40. The van der Waals surface area contributed by atoms with E-state index >= 15 is 0 Å². The maximum Gasteiger partial charge on any atom is 0.225 e. The Morgan fingerprint density at radius 1 is 1.17 bits per heavy atom. The van der Waals surface area contributed by atoms with Crippen LogP contribution in [0.5, 0.6) is 0 Å². The third-order valence-corrected chi connectivity index (χ3v) is 2.05. The van der Waals surface area contributed by atoms with Gasteiger partial charge in [-0.25, -0.2) is 9.97 Å². The van der Waals surface area contributed by atoms with Crippen LogP contribution in [0.1, 0.15) is 18.4 Å². The highest BCUT2D eigenvalue weighted by Gasteiger charge is 2.13. The van der Waals surface area contributed by atoms with Crippen LogP contribution in [-0.4, -0.2) is 23.1 Å². The van der Waals surface area contributed by atoms with Gasteiger partial charge in [0, 0.05) is 32.4 Å². The molecule has 1 aliphatic heterocycles. The van der Waals surface area contributed by atoms with Gasteiger partial charge in [0.15, 0.2) is 0 Å². The van der Waals surface area contributed by atoms with Crippen molar-refractivity contribution in [2.24, 2.45) is 0 Å². The first-order chi connectivity index (χ1) is 5.86. The Bertz CT molecular complexity index is 249. The van der Waals surface area contributed by atoms with Crippen molar-refractivity contribution < 1.29 is 0 Å². The highest BCUT2D eigenvalue weighted by atomic mass is 15.3. The fraction of sp³-hybridized carbons (Fsp3) is 0.444. The monoisotopic (exact) mass is 161 g/mol. The summed E-state index contributed by atoms with van der Waals surface area (Å²) in [7, 11) is 0. The number of nitrogens with zero attached hydrogens (tertiary/aromatic N) is 3. The Labute approximate surface area is 72.4 Å². The van der Waals surface area contributed by atoms with Crippen LogP contribution in [-0.2, 0) is 0 Å². The minimum atomic E-state index is 0.623. The summed E-state index contributed by atoms with van der Waals surface area (Å²) in [5.74, 6) is 0.807. The molecule has 0 N–H and O–H groups in total. The molecular formula is C9H11N3. The predicted molar refractivity (Wildman–Crippen MR) is 46.9 cm³/mol. The summed E-state index contributed by atoms with van der Waals surface area (Å²) in [4.78, 5) is 10.5. The number of rotatable bonds is 1. The second-order valence-corrected chi connectivity index (χ2v) is 3.01. The molecule has 0 spiro atoms. The summed E-state index contributed by atoms with van der Waals surface area (Å²) in [5, 5.41) is 0. The summed E-state index contributed by atoms with van der Waals surface area (Å²) in [5.41, 5.74) is 0.623. The van der Waals surface area contributed by atoms with E-state index in [0.717, 1.165) is 19.0 Å². The molecule has 62 valence electrons. The van der Waals surface area contributed by atoms with Crippen molar-refractivity contribution in [3.05, 3.63) is 24.9 Å². The van der Waals surface area contributed by atoms with E-state index in [0.29, 0.717) is 5.56 Å². The second kappa shape index (κ2) is 3.09. The van der Waals surface area contributed by atoms with Gasteiger partial charge in [0.05, 0.1) is 0 Å². The molecule has 2 rings (SSSR count). The summed E-state index contributed by atoms with van der Waals surface area (Å²) < 4.78 is 0. The Morgan fingerprint density at radius 2 is 1.75 bits per heavy atom. The molecule has 0 atom stereocenters. The predicted octanol–water partition coefficient (Wildman–Crippen LogP) is 1.14. The standard InChI is InChI=1S/C9H11N3/c1-8-6-10-9(11-7-8)12-4-2-3-5-12/h1,6-7H,2-5H2. The lowest BCUT2D eigenvalue weighted by Crippen LogP contribution is -2.20. The first kappa shape index (κ1) is 7.53. The molecule has 2 radical (unpaired) electrons. The van der Waals surface area contributed by atoms with E-state index < -0.39 is 0 Å². The van der Waals surface area contributed by atoms with Crippen LogP contribution in [0.4, 0.5) is 5.95 Å². The first-order valence-electron chi connectivity index (χ1n) is 4.19. The van der Waals surface area contributed by atoms with Crippen LogP contribution >= 0.6 is 0 Å². The van der Waals surface area contributed by atoms with Gasteiger partial charge in [-0.1, -0.05) is 0 Å². The molecule has 12 heavy (non-hydrogen) atoms. The first-order valence-corrected chi connectivity index (χ1v) is 4.19. The Hall–Kier alpha value is -1.12. The van der Waals surface area contributed by atoms with E-state index in [1.54, 1.807) is 12.4 Å². The minimum absolute atomic E-state index is 0.623. The molecular weight excluding hydrogens is 150 g/mol. The zero-order valence-electron chi connectivity index (χ0n) is 6.90. The van der Waals surface area contributed by atoms with Crippen molar-refractivity contribution in [2.75, 3.05) is 18.0 Å². The van der Waals surface area contributed by atoms with E-state index in [9.17, 15) is 0 Å². The molecule has 0 saturated carbocycles. The molecule has 0 aromatic carbocycles. The smallest absolute Gasteiger partial charge is 0.225 e. The lowest BCUT2D eigenvalue weighted by molar-refractivity contribution is 0.896. The lowest BCUT2D eigenvalue weighted by Gasteiger charge is -2.13. The molecule has 0 bridgehead atoms. The van der Waals surface area contributed by atoms with Crippen molar-refractivity contribution in [3.8, 4) is 0 Å². The number of anilines is 1. The molecule has 0 aliphatic carbocycles. The zero-order valence-corrected chi connectivity index (χ0v) is 6.90. The molecule has 1 saturated heterocycles. The van der Waals surface area contributed by atoms with Crippen LogP contribution in [0.3, 0.4) is 0 Å². The Balaban J connectivity index is 2.17. The summed E-state index contributed by atoms with van der Waals surface area (Å²) in [6.45, 7) is 7.63. The average Bonchev–Trinajstić information content (AvgIpc) is 2.58. The molecule has 1 aromatic heterocycles. The van der Waals surface area contributed by atoms with E-state index in [-0.39, 0.29) is 0 Å². The van der Waals surface area contributed by atoms with Crippen LogP contribution in [0.15, 0.2) is 12.4 Å². The fourth-order valence-corrected chi connectivity index (χ4v) is 1.41. The third-order valence-electron chi connectivity index (χ3n) is 2.05. The van der Waals surface area contributed by atoms with E-state index in [1.807, 2.05) is 0 Å². The van der Waals surface area contributed by atoms with Gasteiger partial charge >= 0.3 is 0 Å². The van der Waals surface area contributed by atoms with Gasteiger partial charge in [-0.3, -0.25) is 0 Å². The summed E-state index contributed by atoms with van der Waals surface area (Å²) in [6.07, 6.45) is 5.79. The second-order valence-electron chi connectivity index (χ2n) is 3.01. The van der Waals surface area contributed by atoms with Crippen LogP contribution in [0, 0.1) is 6.92 Å².